The maximum atomic E-state index is 12.3. The smallest absolute Gasteiger partial charge is 0.259 e. The number of aromatic nitrogens is 2. The van der Waals surface area contributed by atoms with E-state index >= 15 is 0 Å². The van der Waals surface area contributed by atoms with Crippen molar-refractivity contribution < 1.29 is 4.79 Å². The molecule has 20 heavy (non-hydrogen) atoms. The molecule has 0 atom stereocenters. The zero-order valence-corrected chi connectivity index (χ0v) is 13.5. The normalized spacial score (nSPS) is 10.4. The van der Waals surface area contributed by atoms with Crippen molar-refractivity contribution in [2.75, 3.05) is 5.32 Å². The average molecular weight is 334 g/mol. The maximum absolute atomic E-state index is 12.3. The zero-order valence-electron chi connectivity index (χ0n) is 11.9. The fourth-order valence-corrected chi connectivity index (χ4v) is 2.78. The van der Waals surface area contributed by atoms with E-state index in [-0.39, 0.29) is 5.91 Å². The van der Waals surface area contributed by atoms with Crippen LogP contribution >= 0.6 is 15.9 Å². The molecule has 1 amide bonds. The molecule has 1 N–H and O–H groups in total. The number of halogens is 1. The number of anilines is 1. The predicted octanol–water partition coefficient (Wildman–Crippen LogP) is 3.73. The topological polar surface area (TPSA) is 54.9 Å². The van der Waals surface area contributed by atoms with Gasteiger partial charge in [0.15, 0.2) is 0 Å². The number of carbonyl (C=O) groups excluding carboxylic acids is 1. The molecule has 0 bridgehead atoms. The molecule has 2 aromatic rings. The monoisotopic (exact) mass is 333 g/mol. The molecule has 2 rings (SSSR count). The number of amides is 1. The van der Waals surface area contributed by atoms with Gasteiger partial charge >= 0.3 is 0 Å². The lowest BCUT2D eigenvalue weighted by Crippen LogP contribution is -2.16. The first-order chi connectivity index (χ1) is 9.38. The van der Waals surface area contributed by atoms with Crippen LogP contribution in [0.3, 0.4) is 0 Å². The van der Waals surface area contributed by atoms with Crippen molar-refractivity contribution in [1.29, 1.82) is 0 Å². The van der Waals surface area contributed by atoms with Crippen molar-refractivity contribution in [3.05, 3.63) is 51.0 Å². The van der Waals surface area contributed by atoms with E-state index in [9.17, 15) is 4.79 Å². The van der Waals surface area contributed by atoms with Crippen LogP contribution in [-0.2, 0) is 0 Å². The standard InChI is InChI=1S/C15H16BrN3O/c1-8-5-12(16)6-9(2)14(8)19-15(20)13-7-17-11(4)18-10(13)3/h5-7H,1-4H3,(H,19,20). The van der Waals surface area contributed by atoms with Gasteiger partial charge in [-0.2, -0.15) is 0 Å². The molecule has 0 saturated carbocycles. The molecule has 0 aliphatic heterocycles. The van der Waals surface area contributed by atoms with Gasteiger partial charge in [0.1, 0.15) is 5.82 Å². The van der Waals surface area contributed by atoms with Gasteiger partial charge in [0.05, 0.1) is 11.3 Å². The van der Waals surface area contributed by atoms with Crippen LogP contribution in [0.5, 0.6) is 0 Å². The Hall–Kier alpha value is -1.75. The molecule has 1 aromatic heterocycles. The summed E-state index contributed by atoms with van der Waals surface area (Å²) in [6, 6.07) is 3.95. The van der Waals surface area contributed by atoms with Crippen molar-refractivity contribution in [2.24, 2.45) is 0 Å². The third kappa shape index (κ3) is 3.04. The van der Waals surface area contributed by atoms with Gasteiger partial charge in [-0.3, -0.25) is 4.79 Å². The van der Waals surface area contributed by atoms with Gasteiger partial charge in [-0.05, 0) is 51.0 Å². The van der Waals surface area contributed by atoms with Crippen molar-refractivity contribution in [1.82, 2.24) is 9.97 Å². The van der Waals surface area contributed by atoms with Crippen molar-refractivity contribution >= 4 is 27.5 Å². The molecule has 104 valence electrons. The first-order valence-corrected chi connectivity index (χ1v) is 7.06. The van der Waals surface area contributed by atoms with Gasteiger partial charge < -0.3 is 5.32 Å². The molecule has 5 heteroatoms. The van der Waals surface area contributed by atoms with Crippen LogP contribution in [0.1, 0.15) is 33.0 Å². The van der Waals surface area contributed by atoms with Crippen LogP contribution in [0.2, 0.25) is 0 Å². The van der Waals surface area contributed by atoms with E-state index in [0.717, 1.165) is 21.3 Å². The molecule has 1 aromatic carbocycles. The number of aryl methyl sites for hydroxylation is 4. The summed E-state index contributed by atoms with van der Waals surface area (Å²) in [5.74, 6) is 0.478. The lowest BCUT2D eigenvalue weighted by Gasteiger charge is -2.13. The summed E-state index contributed by atoms with van der Waals surface area (Å²) in [7, 11) is 0. The van der Waals surface area contributed by atoms with Crippen LogP contribution < -0.4 is 5.32 Å². The third-order valence-electron chi connectivity index (χ3n) is 3.08. The number of benzene rings is 1. The van der Waals surface area contributed by atoms with Crippen LogP contribution in [0.25, 0.3) is 0 Å². The molecule has 0 unspecified atom stereocenters. The fourth-order valence-electron chi connectivity index (χ4n) is 2.09. The SMILES string of the molecule is Cc1ncc(C(=O)Nc2c(C)cc(Br)cc2C)c(C)n1. The predicted molar refractivity (Wildman–Crippen MR) is 83.1 cm³/mol. The molecule has 0 aliphatic carbocycles. The van der Waals surface area contributed by atoms with Gasteiger partial charge in [-0.1, -0.05) is 15.9 Å². The van der Waals surface area contributed by atoms with E-state index in [2.05, 4.69) is 31.2 Å². The molecule has 4 nitrogen and oxygen atoms in total. The van der Waals surface area contributed by atoms with Crippen LogP contribution in [-0.4, -0.2) is 15.9 Å². The minimum atomic E-state index is -0.184. The molecule has 0 radical (unpaired) electrons. The number of hydrogen-bond acceptors (Lipinski definition) is 3. The van der Waals surface area contributed by atoms with Crippen LogP contribution in [0, 0.1) is 27.7 Å². The lowest BCUT2D eigenvalue weighted by molar-refractivity contribution is 0.102. The molecule has 1 heterocycles. The largest absolute Gasteiger partial charge is 0.321 e. The Morgan fingerprint density at radius 2 is 1.75 bits per heavy atom. The Balaban J connectivity index is 2.33. The first-order valence-electron chi connectivity index (χ1n) is 6.27. The molecule has 0 saturated heterocycles. The van der Waals surface area contributed by atoms with Crippen molar-refractivity contribution in [3.63, 3.8) is 0 Å². The second-order valence-electron chi connectivity index (χ2n) is 4.79. The van der Waals surface area contributed by atoms with Crippen LogP contribution in [0.15, 0.2) is 22.8 Å². The van der Waals surface area contributed by atoms with Crippen LogP contribution in [0.4, 0.5) is 5.69 Å². The summed E-state index contributed by atoms with van der Waals surface area (Å²) in [5.41, 5.74) is 4.03. The summed E-state index contributed by atoms with van der Waals surface area (Å²) in [6.07, 6.45) is 1.57. The average Bonchev–Trinajstić information content (AvgIpc) is 2.33. The Labute approximate surface area is 126 Å². The van der Waals surface area contributed by atoms with Gasteiger partial charge in [0.2, 0.25) is 0 Å². The van der Waals surface area contributed by atoms with E-state index in [1.807, 2.05) is 32.9 Å². The Morgan fingerprint density at radius 1 is 1.15 bits per heavy atom. The Morgan fingerprint density at radius 3 is 2.30 bits per heavy atom. The Kier molecular flexibility index (Phi) is 4.18. The fraction of sp³-hybridized carbons (Fsp3) is 0.267. The second kappa shape index (κ2) is 5.71. The van der Waals surface area contributed by atoms with E-state index in [4.69, 9.17) is 0 Å². The number of carbonyl (C=O) groups is 1. The third-order valence-corrected chi connectivity index (χ3v) is 3.54. The molecular weight excluding hydrogens is 318 g/mol. The quantitative estimate of drug-likeness (QED) is 0.911. The minimum absolute atomic E-state index is 0.184. The number of nitrogens with zero attached hydrogens (tertiary/aromatic N) is 2. The zero-order chi connectivity index (χ0) is 14.9. The highest BCUT2D eigenvalue weighted by molar-refractivity contribution is 9.10. The van der Waals surface area contributed by atoms with Crippen molar-refractivity contribution in [2.45, 2.75) is 27.7 Å². The highest BCUT2D eigenvalue weighted by Crippen LogP contribution is 2.25. The summed E-state index contributed by atoms with van der Waals surface area (Å²) in [5, 5.41) is 2.94. The highest BCUT2D eigenvalue weighted by atomic mass is 79.9. The van der Waals surface area contributed by atoms with E-state index in [1.54, 1.807) is 13.1 Å². The lowest BCUT2D eigenvalue weighted by atomic mass is 10.1. The van der Waals surface area contributed by atoms with Gasteiger partial charge in [0, 0.05) is 16.4 Å². The molecule has 0 spiro atoms. The van der Waals surface area contributed by atoms with Crippen molar-refractivity contribution in [3.8, 4) is 0 Å². The van der Waals surface area contributed by atoms with Gasteiger partial charge in [-0.25, -0.2) is 9.97 Å². The Bertz CT molecular complexity index is 660. The second-order valence-corrected chi connectivity index (χ2v) is 5.70. The van der Waals surface area contributed by atoms with E-state index in [1.165, 1.54) is 0 Å². The molecular formula is C15H16BrN3O. The summed E-state index contributed by atoms with van der Waals surface area (Å²) in [6.45, 7) is 7.54. The maximum Gasteiger partial charge on any atom is 0.259 e. The van der Waals surface area contributed by atoms with Gasteiger partial charge in [0.25, 0.3) is 5.91 Å². The van der Waals surface area contributed by atoms with Gasteiger partial charge in [-0.15, -0.1) is 0 Å². The highest BCUT2D eigenvalue weighted by Gasteiger charge is 2.14. The van der Waals surface area contributed by atoms with E-state index < -0.39 is 0 Å². The molecule has 0 aliphatic rings. The molecule has 0 fully saturated rings. The number of nitrogens with one attached hydrogen (secondary N) is 1. The number of hydrogen-bond donors (Lipinski definition) is 1. The first kappa shape index (κ1) is 14.7. The number of rotatable bonds is 2. The summed E-state index contributed by atoms with van der Waals surface area (Å²) < 4.78 is 1.00. The minimum Gasteiger partial charge on any atom is -0.321 e. The van der Waals surface area contributed by atoms with E-state index in [0.29, 0.717) is 17.1 Å². The summed E-state index contributed by atoms with van der Waals surface area (Å²) >= 11 is 3.45. The summed E-state index contributed by atoms with van der Waals surface area (Å²) in [4.78, 5) is 20.6.